The van der Waals surface area contributed by atoms with Gasteiger partial charge in [-0.2, -0.15) is 5.10 Å². The normalized spacial score (nSPS) is 11.9. The molecule has 0 aliphatic carbocycles. The van der Waals surface area contributed by atoms with Crippen LogP contribution in [0.3, 0.4) is 0 Å². The summed E-state index contributed by atoms with van der Waals surface area (Å²) in [6.45, 7) is 5.92. The maximum atomic E-state index is 12.8. The summed E-state index contributed by atoms with van der Waals surface area (Å²) >= 11 is 0. The number of sulfonamides is 1. The predicted molar refractivity (Wildman–Crippen MR) is 94.2 cm³/mol. The maximum absolute atomic E-state index is 12.8. The molecule has 3 aromatic rings. The van der Waals surface area contributed by atoms with E-state index in [9.17, 15) is 8.42 Å². The molecular weight excluding hydrogens is 340 g/mol. The first-order valence-corrected chi connectivity index (χ1v) is 9.29. The summed E-state index contributed by atoms with van der Waals surface area (Å²) in [6.07, 6.45) is 2.94. The zero-order valence-corrected chi connectivity index (χ0v) is 15.3. The van der Waals surface area contributed by atoms with Crippen molar-refractivity contribution >= 4 is 15.7 Å². The number of nitrogens with one attached hydrogen (secondary N) is 1. The molecule has 0 radical (unpaired) electrons. The van der Waals surface area contributed by atoms with Crippen LogP contribution in [0.5, 0.6) is 0 Å². The Morgan fingerprint density at radius 2 is 1.68 bits per heavy atom. The van der Waals surface area contributed by atoms with Gasteiger partial charge in [-0.1, -0.05) is 26.0 Å². The van der Waals surface area contributed by atoms with Crippen molar-refractivity contribution in [1.82, 2.24) is 24.5 Å². The van der Waals surface area contributed by atoms with Crippen LogP contribution in [-0.4, -0.2) is 33.0 Å². The topological polar surface area (TPSA) is 94.7 Å². The van der Waals surface area contributed by atoms with Crippen molar-refractivity contribution in [2.45, 2.75) is 31.6 Å². The fourth-order valence-corrected chi connectivity index (χ4v) is 3.55. The highest BCUT2D eigenvalue weighted by Gasteiger charge is 2.22. The summed E-state index contributed by atoms with van der Waals surface area (Å²) in [5, 5.41) is 11.8. The molecule has 132 valence electrons. The van der Waals surface area contributed by atoms with Gasteiger partial charge >= 0.3 is 0 Å². The van der Waals surface area contributed by atoms with E-state index in [0.29, 0.717) is 23.1 Å². The molecule has 0 aliphatic heterocycles. The predicted octanol–water partition coefficient (Wildman–Crippen LogP) is 2.23. The zero-order chi connectivity index (χ0) is 18.2. The molecule has 25 heavy (non-hydrogen) atoms. The van der Waals surface area contributed by atoms with E-state index >= 15 is 0 Å². The second kappa shape index (κ2) is 6.32. The Labute approximate surface area is 146 Å². The number of aromatic nitrogens is 5. The van der Waals surface area contributed by atoms with E-state index in [0.717, 1.165) is 5.56 Å². The van der Waals surface area contributed by atoms with E-state index in [1.165, 1.54) is 12.7 Å². The molecule has 9 heteroatoms. The lowest BCUT2D eigenvalue weighted by molar-refractivity contribution is 0.601. The Kier molecular flexibility index (Phi) is 4.34. The first-order valence-electron chi connectivity index (χ1n) is 7.81. The molecule has 0 aliphatic rings. The molecule has 1 N–H and O–H groups in total. The van der Waals surface area contributed by atoms with Crippen LogP contribution >= 0.6 is 0 Å². The minimum Gasteiger partial charge on any atom is -0.274 e. The van der Waals surface area contributed by atoms with Crippen molar-refractivity contribution in [1.29, 1.82) is 0 Å². The lowest BCUT2D eigenvalue weighted by Gasteiger charge is -2.11. The number of aryl methyl sites for hydroxylation is 1. The van der Waals surface area contributed by atoms with Crippen LogP contribution in [0.1, 0.15) is 31.0 Å². The third kappa shape index (κ3) is 3.27. The second-order valence-electron chi connectivity index (χ2n) is 6.11. The third-order valence-corrected chi connectivity index (χ3v) is 5.44. The SMILES string of the molecule is Cc1c(NS(=O)(=O)c2ccc(C(C)C)cc2)c(-n2cnnc2)nn1C. The Balaban J connectivity index is 1.99. The molecule has 0 saturated carbocycles. The van der Waals surface area contributed by atoms with E-state index in [1.54, 1.807) is 35.4 Å². The minimum absolute atomic E-state index is 0.204. The summed E-state index contributed by atoms with van der Waals surface area (Å²) in [7, 11) is -1.99. The Hall–Kier alpha value is -2.68. The molecular formula is C16H20N6O2S. The van der Waals surface area contributed by atoms with Gasteiger partial charge in [0.05, 0.1) is 10.6 Å². The van der Waals surface area contributed by atoms with Gasteiger partial charge in [0, 0.05) is 7.05 Å². The Morgan fingerprint density at radius 3 is 2.24 bits per heavy atom. The first kappa shape index (κ1) is 17.2. The molecule has 0 spiro atoms. The van der Waals surface area contributed by atoms with Crippen molar-refractivity contribution in [3.63, 3.8) is 0 Å². The smallest absolute Gasteiger partial charge is 0.262 e. The van der Waals surface area contributed by atoms with E-state index in [2.05, 4.69) is 33.9 Å². The summed E-state index contributed by atoms with van der Waals surface area (Å²) in [4.78, 5) is 0.204. The van der Waals surface area contributed by atoms with Gasteiger partial charge in [0.2, 0.25) is 0 Å². The zero-order valence-electron chi connectivity index (χ0n) is 14.5. The lowest BCUT2D eigenvalue weighted by atomic mass is 10.0. The average Bonchev–Trinajstić information content (AvgIpc) is 3.19. The molecule has 0 atom stereocenters. The average molecular weight is 360 g/mol. The van der Waals surface area contributed by atoms with Gasteiger partial charge in [0.15, 0.2) is 5.82 Å². The third-order valence-electron chi connectivity index (χ3n) is 4.07. The molecule has 0 unspecified atom stereocenters. The Bertz CT molecular complexity index is 973. The second-order valence-corrected chi connectivity index (χ2v) is 7.79. The highest BCUT2D eigenvalue weighted by atomic mass is 32.2. The number of hydrogen-bond donors (Lipinski definition) is 1. The van der Waals surface area contributed by atoms with E-state index in [1.807, 2.05) is 12.1 Å². The van der Waals surface area contributed by atoms with Gasteiger partial charge in [-0.05, 0) is 30.5 Å². The van der Waals surface area contributed by atoms with Crippen LogP contribution in [0.4, 0.5) is 5.69 Å². The van der Waals surface area contributed by atoms with Crippen LogP contribution in [0.25, 0.3) is 5.82 Å². The largest absolute Gasteiger partial charge is 0.274 e. The van der Waals surface area contributed by atoms with Crippen molar-refractivity contribution in [3.05, 3.63) is 48.2 Å². The quantitative estimate of drug-likeness (QED) is 0.753. The van der Waals surface area contributed by atoms with Crippen molar-refractivity contribution in [3.8, 4) is 5.82 Å². The highest BCUT2D eigenvalue weighted by Crippen LogP contribution is 2.26. The molecule has 0 fully saturated rings. The number of anilines is 1. The molecule has 1 aromatic carbocycles. The number of rotatable bonds is 5. The first-order chi connectivity index (χ1) is 11.8. The maximum Gasteiger partial charge on any atom is 0.262 e. The molecule has 2 aromatic heterocycles. The van der Waals surface area contributed by atoms with Crippen LogP contribution < -0.4 is 4.72 Å². The van der Waals surface area contributed by atoms with Gasteiger partial charge < -0.3 is 0 Å². The summed E-state index contributed by atoms with van der Waals surface area (Å²) in [5.74, 6) is 0.762. The number of benzene rings is 1. The number of hydrogen-bond acceptors (Lipinski definition) is 5. The van der Waals surface area contributed by atoms with Gasteiger partial charge in [-0.15, -0.1) is 10.2 Å². The van der Waals surface area contributed by atoms with E-state index in [-0.39, 0.29) is 4.90 Å². The molecule has 0 bridgehead atoms. The Morgan fingerprint density at radius 1 is 1.08 bits per heavy atom. The van der Waals surface area contributed by atoms with Gasteiger partial charge in [-0.25, -0.2) is 8.42 Å². The summed E-state index contributed by atoms with van der Waals surface area (Å²) in [5.41, 5.74) is 2.17. The van der Waals surface area contributed by atoms with E-state index in [4.69, 9.17) is 0 Å². The van der Waals surface area contributed by atoms with Crippen LogP contribution in [0, 0.1) is 6.92 Å². The molecule has 8 nitrogen and oxygen atoms in total. The van der Waals surface area contributed by atoms with Gasteiger partial charge in [0.1, 0.15) is 18.3 Å². The van der Waals surface area contributed by atoms with Crippen LogP contribution in [-0.2, 0) is 17.1 Å². The fraction of sp³-hybridized carbons (Fsp3) is 0.312. The van der Waals surface area contributed by atoms with Crippen LogP contribution in [0.2, 0.25) is 0 Å². The van der Waals surface area contributed by atoms with E-state index < -0.39 is 10.0 Å². The molecule has 2 heterocycles. The highest BCUT2D eigenvalue weighted by molar-refractivity contribution is 7.92. The minimum atomic E-state index is -3.74. The van der Waals surface area contributed by atoms with Crippen molar-refractivity contribution in [2.24, 2.45) is 7.05 Å². The fourth-order valence-electron chi connectivity index (χ4n) is 2.43. The molecule has 0 amide bonds. The van der Waals surface area contributed by atoms with Gasteiger partial charge in [-0.3, -0.25) is 14.0 Å². The summed E-state index contributed by atoms with van der Waals surface area (Å²) in [6, 6.07) is 6.88. The van der Waals surface area contributed by atoms with Crippen LogP contribution in [0.15, 0.2) is 41.8 Å². The summed E-state index contributed by atoms with van der Waals surface area (Å²) < 4.78 is 31.4. The van der Waals surface area contributed by atoms with Crippen molar-refractivity contribution in [2.75, 3.05) is 4.72 Å². The number of nitrogens with zero attached hydrogens (tertiary/aromatic N) is 5. The van der Waals surface area contributed by atoms with Crippen molar-refractivity contribution < 1.29 is 8.42 Å². The standard InChI is InChI=1S/C16H20N6O2S/c1-11(2)13-5-7-14(8-6-13)25(23,24)20-15-12(3)21(4)19-16(15)22-9-17-18-10-22/h5-11,20H,1-4H3. The molecule has 3 rings (SSSR count). The van der Waals surface area contributed by atoms with Gasteiger partial charge in [0.25, 0.3) is 10.0 Å². The molecule has 0 saturated heterocycles. The monoisotopic (exact) mass is 360 g/mol. The lowest BCUT2D eigenvalue weighted by Crippen LogP contribution is -2.15.